The van der Waals surface area contributed by atoms with Gasteiger partial charge in [0.2, 0.25) is 0 Å². The lowest BCUT2D eigenvalue weighted by molar-refractivity contribution is 0.187. The molecule has 2 atom stereocenters. The van der Waals surface area contributed by atoms with Crippen molar-refractivity contribution in [3.8, 4) is 0 Å². The van der Waals surface area contributed by atoms with Crippen LogP contribution >= 0.6 is 0 Å². The minimum absolute atomic E-state index is 0.622. The van der Waals surface area contributed by atoms with Gasteiger partial charge in [0.05, 0.1) is 0 Å². The van der Waals surface area contributed by atoms with Gasteiger partial charge in [-0.2, -0.15) is 0 Å². The Hall–Kier alpha value is -0.120. The summed E-state index contributed by atoms with van der Waals surface area (Å²) in [6, 6.07) is 1.70. The van der Waals surface area contributed by atoms with Gasteiger partial charge in [-0.15, -0.1) is 0 Å². The summed E-state index contributed by atoms with van der Waals surface area (Å²) < 4.78 is 0. The van der Waals surface area contributed by atoms with E-state index in [1.165, 1.54) is 58.2 Å². The van der Waals surface area contributed by atoms with Crippen molar-refractivity contribution in [2.24, 2.45) is 11.1 Å². The standard InChI is InChI=1S/C14H27N3/c1-16-12-2-3-13(16)10-17(9-4-12)11-14(5-6-14)7-8-15/h12-13H,2-11,15H2,1H3. The molecule has 17 heavy (non-hydrogen) atoms. The van der Waals surface area contributed by atoms with Gasteiger partial charge < -0.3 is 10.6 Å². The van der Waals surface area contributed by atoms with E-state index in [1.54, 1.807) is 0 Å². The van der Waals surface area contributed by atoms with Crippen LogP contribution in [0.25, 0.3) is 0 Å². The van der Waals surface area contributed by atoms with E-state index in [4.69, 9.17) is 5.73 Å². The fourth-order valence-corrected chi connectivity index (χ4v) is 3.97. The van der Waals surface area contributed by atoms with Gasteiger partial charge in [-0.3, -0.25) is 4.90 Å². The summed E-state index contributed by atoms with van der Waals surface area (Å²) in [5, 5.41) is 0. The monoisotopic (exact) mass is 237 g/mol. The molecule has 0 amide bonds. The topological polar surface area (TPSA) is 32.5 Å². The van der Waals surface area contributed by atoms with Gasteiger partial charge in [-0.25, -0.2) is 0 Å². The Morgan fingerprint density at radius 3 is 2.65 bits per heavy atom. The zero-order chi connectivity index (χ0) is 11.9. The van der Waals surface area contributed by atoms with Crippen molar-refractivity contribution in [1.29, 1.82) is 0 Å². The lowest BCUT2D eigenvalue weighted by Crippen LogP contribution is -2.39. The Kier molecular flexibility index (Phi) is 3.18. The Morgan fingerprint density at radius 1 is 1.18 bits per heavy atom. The first kappa shape index (κ1) is 11.9. The number of hydrogen-bond acceptors (Lipinski definition) is 3. The van der Waals surface area contributed by atoms with Crippen LogP contribution < -0.4 is 5.73 Å². The average Bonchev–Trinajstić information content (AvgIpc) is 2.96. The molecule has 2 N–H and O–H groups in total. The largest absolute Gasteiger partial charge is 0.330 e. The molecule has 1 aliphatic carbocycles. The van der Waals surface area contributed by atoms with E-state index in [-0.39, 0.29) is 0 Å². The summed E-state index contributed by atoms with van der Waals surface area (Å²) in [5.74, 6) is 0. The third-order valence-electron chi connectivity index (χ3n) is 5.42. The quantitative estimate of drug-likeness (QED) is 0.799. The molecule has 2 unspecified atom stereocenters. The normalized spacial score (nSPS) is 37.1. The predicted octanol–water partition coefficient (Wildman–Crippen LogP) is 1.28. The molecule has 3 nitrogen and oxygen atoms in total. The molecule has 0 aromatic heterocycles. The number of rotatable bonds is 4. The van der Waals surface area contributed by atoms with E-state index in [0.29, 0.717) is 5.41 Å². The molecule has 2 saturated heterocycles. The predicted molar refractivity (Wildman–Crippen MR) is 71.0 cm³/mol. The van der Waals surface area contributed by atoms with Gasteiger partial charge in [-0.05, 0) is 64.1 Å². The van der Waals surface area contributed by atoms with Crippen LogP contribution in [0.2, 0.25) is 0 Å². The number of nitrogens with two attached hydrogens (primary N) is 1. The molecule has 98 valence electrons. The highest BCUT2D eigenvalue weighted by atomic mass is 15.3. The maximum absolute atomic E-state index is 5.75. The molecule has 2 heterocycles. The first-order valence-corrected chi connectivity index (χ1v) is 7.37. The molecule has 0 spiro atoms. The van der Waals surface area contributed by atoms with Crippen LogP contribution in [0.4, 0.5) is 0 Å². The third-order valence-corrected chi connectivity index (χ3v) is 5.42. The minimum atomic E-state index is 0.622. The van der Waals surface area contributed by atoms with E-state index in [9.17, 15) is 0 Å². The fourth-order valence-electron chi connectivity index (χ4n) is 3.97. The summed E-state index contributed by atoms with van der Waals surface area (Å²) >= 11 is 0. The number of likely N-dealkylation sites (tertiary alicyclic amines) is 1. The van der Waals surface area contributed by atoms with Crippen molar-refractivity contribution in [2.75, 3.05) is 33.2 Å². The van der Waals surface area contributed by atoms with Crippen molar-refractivity contribution in [1.82, 2.24) is 9.80 Å². The molecule has 2 aliphatic heterocycles. The molecule has 3 heteroatoms. The molecule has 0 aromatic carbocycles. The van der Waals surface area contributed by atoms with Crippen LogP contribution in [-0.4, -0.2) is 55.1 Å². The second-order valence-corrected chi connectivity index (χ2v) is 6.61. The molecule has 3 aliphatic rings. The van der Waals surface area contributed by atoms with Crippen LogP contribution in [-0.2, 0) is 0 Å². The average molecular weight is 237 g/mol. The number of hydrogen-bond donors (Lipinski definition) is 1. The van der Waals surface area contributed by atoms with Crippen LogP contribution in [0.5, 0.6) is 0 Å². The van der Waals surface area contributed by atoms with Crippen molar-refractivity contribution >= 4 is 0 Å². The summed E-state index contributed by atoms with van der Waals surface area (Å²) in [6.07, 6.45) is 8.32. The van der Waals surface area contributed by atoms with Crippen molar-refractivity contribution in [3.05, 3.63) is 0 Å². The molecule has 0 radical (unpaired) electrons. The molecular formula is C14H27N3. The van der Waals surface area contributed by atoms with Gasteiger partial charge in [0.25, 0.3) is 0 Å². The van der Waals surface area contributed by atoms with Crippen LogP contribution in [0.1, 0.15) is 38.5 Å². The van der Waals surface area contributed by atoms with Crippen LogP contribution in [0.15, 0.2) is 0 Å². The Balaban J connectivity index is 1.58. The molecule has 3 fully saturated rings. The maximum Gasteiger partial charge on any atom is 0.0223 e. The highest BCUT2D eigenvalue weighted by Gasteiger charge is 2.44. The zero-order valence-corrected chi connectivity index (χ0v) is 11.2. The molecule has 1 saturated carbocycles. The number of nitrogens with zero attached hydrogens (tertiary/aromatic N) is 2. The first-order valence-electron chi connectivity index (χ1n) is 7.37. The summed E-state index contributed by atoms with van der Waals surface area (Å²) in [6.45, 7) is 4.82. The summed E-state index contributed by atoms with van der Waals surface area (Å²) in [5.41, 5.74) is 6.37. The van der Waals surface area contributed by atoms with E-state index in [1.807, 2.05) is 0 Å². The van der Waals surface area contributed by atoms with E-state index in [0.717, 1.165) is 18.6 Å². The van der Waals surface area contributed by atoms with Gasteiger partial charge in [0.15, 0.2) is 0 Å². The van der Waals surface area contributed by atoms with Crippen LogP contribution in [0, 0.1) is 5.41 Å². The lowest BCUT2D eigenvalue weighted by atomic mass is 10.0. The first-order chi connectivity index (χ1) is 8.22. The third kappa shape index (κ3) is 2.38. The SMILES string of the molecule is CN1C2CCC1CN(CC1(CCN)CC1)CC2. The van der Waals surface area contributed by atoms with Gasteiger partial charge in [-0.1, -0.05) is 0 Å². The molecule has 3 rings (SSSR count). The highest BCUT2D eigenvalue weighted by Crippen LogP contribution is 2.49. The lowest BCUT2D eigenvalue weighted by Gasteiger charge is -2.29. The van der Waals surface area contributed by atoms with Gasteiger partial charge in [0, 0.05) is 25.2 Å². The highest BCUT2D eigenvalue weighted by molar-refractivity contribution is 4.98. The van der Waals surface area contributed by atoms with Crippen molar-refractivity contribution < 1.29 is 0 Å². The van der Waals surface area contributed by atoms with Crippen molar-refractivity contribution in [2.45, 2.75) is 50.6 Å². The minimum Gasteiger partial charge on any atom is -0.330 e. The van der Waals surface area contributed by atoms with Gasteiger partial charge >= 0.3 is 0 Å². The number of likely N-dealkylation sites (N-methyl/N-ethyl adjacent to an activating group) is 1. The smallest absolute Gasteiger partial charge is 0.0223 e. The Bertz CT molecular complexity index is 275. The Morgan fingerprint density at radius 2 is 1.94 bits per heavy atom. The summed E-state index contributed by atoms with van der Waals surface area (Å²) in [4.78, 5) is 5.38. The van der Waals surface area contributed by atoms with E-state index >= 15 is 0 Å². The molecule has 0 aromatic rings. The molecular weight excluding hydrogens is 210 g/mol. The summed E-state index contributed by atoms with van der Waals surface area (Å²) in [7, 11) is 2.33. The van der Waals surface area contributed by atoms with Gasteiger partial charge in [0.1, 0.15) is 0 Å². The Labute approximate surface area is 105 Å². The number of fused-ring (bicyclic) bond motifs is 2. The molecule has 2 bridgehead atoms. The maximum atomic E-state index is 5.75. The van der Waals surface area contributed by atoms with Crippen LogP contribution in [0.3, 0.4) is 0 Å². The van der Waals surface area contributed by atoms with Crippen molar-refractivity contribution in [3.63, 3.8) is 0 Å². The van der Waals surface area contributed by atoms with E-state index < -0.39 is 0 Å². The fraction of sp³-hybridized carbons (Fsp3) is 1.00. The second-order valence-electron chi connectivity index (χ2n) is 6.61. The zero-order valence-electron chi connectivity index (χ0n) is 11.2. The van der Waals surface area contributed by atoms with E-state index in [2.05, 4.69) is 16.8 Å². The second kappa shape index (κ2) is 4.52.